The molecule has 4 aromatic rings. The molecule has 8 nitrogen and oxygen atoms in total. The monoisotopic (exact) mass is 523 g/mol. The summed E-state index contributed by atoms with van der Waals surface area (Å²) in [5, 5.41) is 2.98. The molecule has 1 N–H and O–H groups in total. The van der Waals surface area contributed by atoms with Crippen LogP contribution >= 0.6 is 0 Å². The molecule has 1 aliphatic heterocycles. The number of imidazole rings is 1. The molecule has 0 bridgehead atoms. The van der Waals surface area contributed by atoms with Crippen molar-refractivity contribution in [2.75, 3.05) is 51.3 Å². The van der Waals surface area contributed by atoms with Crippen molar-refractivity contribution in [3.05, 3.63) is 102 Å². The summed E-state index contributed by atoms with van der Waals surface area (Å²) in [6.07, 6.45) is 1.92. The summed E-state index contributed by atoms with van der Waals surface area (Å²) in [5.41, 5.74) is 4.25. The maximum atomic E-state index is 13.4. The van der Waals surface area contributed by atoms with Crippen LogP contribution in [0.4, 0.5) is 5.95 Å². The van der Waals surface area contributed by atoms with Crippen LogP contribution in [0.25, 0.3) is 16.9 Å². The minimum absolute atomic E-state index is 0.0839. The minimum Gasteiger partial charge on any atom is -0.379 e. The third-order valence-corrected chi connectivity index (χ3v) is 6.74. The molecule has 200 valence electrons. The highest BCUT2D eigenvalue weighted by atomic mass is 16.5. The van der Waals surface area contributed by atoms with E-state index in [4.69, 9.17) is 9.72 Å². The van der Waals surface area contributed by atoms with Crippen LogP contribution in [0, 0.1) is 6.92 Å². The molecule has 1 fully saturated rings. The molecule has 0 unspecified atom stereocenters. The van der Waals surface area contributed by atoms with Crippen molar-refractivity contribution in [1.29, 1.82) is 0 Å². The Balaban J connectivity index is 1.38. The van der Waals surface area contributed by atoms with E-state index in [0.717, 1.165) is 35.6 Å². The summed E-state index contributed by atoms with van der Waals surface area (Å²) in [6.45, 7) is 6.04. The predicted octanol–water partition coefficient (Wildman–Crippen LogP) is 4.26. The molecule has 0 aliphatic carbocycles. The molecule has 0 radical (unpaired) electrons. The molecule has 5 rings (SSSR count). The first-order valence-electron chi connectivity index (χ1n) is 13.2. The first kappa shape index (κ1) is 26.3. The summed E-state index contributed by atoms with van der Waals surface area (Å²) in [7, 11) is 0. The maximum absolute atomic E-state index is 13.4. The highest BCUT2D eigenvalue weighted by Gasteiger charge is 2.22. The van der Waals surface area contributed by atoms with E-state index in [2.05, 4.69) is 10.2 Å². The summed E-state index contributed by atoms with van der Waals surface area (Å²) < 4.78 is 7.33. The zero-order valence-electron chi connectivity index (χ0n) is 22.1. The number of rotatable bonds is 9. The Hall–Kier alpha value is -4.27. The van der Waals surface area contributed by atoms with Gasteiger partial charge in [0.25, 0.3) is 5.91 Å². The zero-order chi connectivity index (χ0) is 27.0. The average Bonchev–Trinajstić information content (AvgIpc) is 3.40. The van der Waals surface area contributed by atoms with Crippen molar-refractivity contribution in [3.63, 3.8) is 0 Å². The number of ether oxygens (including phenoxy) is 1. The molecule has 2 amide bonds. The van der Waals surface area contributed by atoms with Crippen molar-refractivity contribution in [2.24, 2.45) is 0 Å². The van der Waals surface area contributed by atoms with E-state index in [1.165, 1.54) is 0 Å². The van der Waals surface area contributed by atoms with Gasteiger partial charge in [0.2, 0.25) is 11.9 Å². The molecular formula is C31H33N5O3. The van der Waals surface area contributed by atoms with Gasteiger partial charge in [0.05, 0.1) is 18.9 Å². The van der Waals surface area contributed by atoms with E-state index < -0.39 is 0 Å². The summed E-state index contributed by atoms with van der Waals surface area (Å²) in [4.78, 5) is 35.4. The standard InChI is InChI=1S/C31H33N5O3/c1-24-9-8-14-27(21-24)36-22-28(25-10-4-2-5-11-25)32-31(36)33-29(37)23-35(16-15-34-17-19-39-20-18-34)30(38)26-12-6-3-7-13-26/h2-14,21-22H,15-20,23H2,1H3,(H,32,33,37). The molecule has 0 saturated carbocycles. The van der Waals surface area contributed by atoms with E-state index in [9.17, 15) is 9.59 Å². The van der Waals surface area contributed by atoms with Gasteiger partial charge in [0, 0.05) is 49.2 Å². The Morgan fingerprint density at radius 2 is 1.67 bits per heavy atom. The van der Waals surface area contributed by atoms with Crippen LogP contribution in [0.5, 0.6) is 0 Å². The van der Waals surface area contributed by atoms with Crippen LogP contribution in [-0.2, 0) is 9.53 Å². The number of nitrogens with one attached hydrogen (secondary N) is 1. The number of carbonyl (C=O) groups is 2. The van der Waals surface area contributed by atoms with Crippen molar-refractivity contribution in [1.82, 2.24) is 19.4 Å². The Kier molecular flexibility index (Phi) is 8.45. The second-order valence-corrected chi connectivity index (χ2v) is 9.62. The lowest BCUT2D eigenvalue weighted by molar-refractivity contribution is -0.117. The van der Waals surface area contributed by atoms with Gasteiger partial charge in [-0.1, -0.05) is 60.7 Å². The Morgan fingerprint density at radius 3 is 2.38 bits per heavy atom. The van der Waals surface area contributed by atoms with Gasteiger partial charge in [-0.25, -0.2) is 4.98 Å². The number of carbonyl (C=O) groups excluding carboxylic acids is 2. The lowest BCUT2D eigenvalue weighted by atomic mass is 10.2. The van der Waals surface area contributed by atoms with Gasteiger partial charge in [-0.3, -0.25) is 24.4 Å². The Morgan fingerprint density at radius 1 is 0.949 bits per heavy atom. The van der Waals surface area contributed by atoms with Gasteiger partial charge >= 0.3 is 0 Å². The van der Waals surface area contributed by atoms with Crippen LogP contribution in [0.1, 0.15) is 15.9 Å². The molecule has 1 aliphatic rings. The SMILES string of the molecule is Cc1cccc(-n2cc(-c3ccccc3)nc2NC(=O)CN(CCN2CCOCC2)C(=O)c2ccccc2)c1. The molecule has 3 aromatic carbocycles. The minimum atomic E-state index is -0.305. The summed E-state index contributed by atoms with van der Waals surface area (Å²) >= 11 is 0. The Labute approximate surface area is 228 Å². The van der Waals surface area contributed by atoms with E-state index in [0.29, 0.717) is 37.8 Å². The molecule has 2 heterocycles. The molecule has 0 spiro atoms. The first-order chi connectivity index (χ1) is 19.1. The number of hydrogen-bond donors (Lipinski definition) is 1. The van der Waals surface area contributed by atoms with Crippen LogP contribution in [0.2, 0.25) is 0 Å². The van der Waals surface area contributed by atoms with Gasteiger partial charge in [-0.05, 0) is 36.8 Å². The van der Waals surface area contributed by atoms with E-state index >= 15 is 0 Å². The normalized spacial score (nSPS) is 13.7. The quantitative estimate of drug-likeness (QED) is 0.355. The van der Waals surface area contributed by atoms with Gasteiger partial charge in [0.1, 0.15) is 6.54 Å². The third kappa shape index (κ3) is 6.79. The van der Waals surface area contributed by atoms with E-state index in [1.807, 2.05) is 90.5 Å². The number of aryl methyl sites for hydroxylation is 1. The van der Waals surface area contributed by atoms with Crippen molar-refractivity contribution in [3.8, 4) is 16.9 Å². The molecule has 39 heavy (non-hydrogen) atoms. The lowest BCUT2D eigenvalue weighted by Gasteiger charge is -2.30. The third-order valence-electron chi connectivity index (χ3n) is 6.74. The Bertz CT molecular complexity index is 1400. The fourth-order valence-corrected chi connectivity index (χ4v) is 4.63. The van der Waals surface area contributed by atoms with Crippen molar-refractivity contribution < 1.29 is 14.3 Å². The number of amides is 2. The number of hydrogen-bond acceptors (Lipinski definition) is 5. The predicted molar refractivity (Wildman–Crippen MR) is 152 cm³/mol. The van der Waals surface area contributed by atoms with E-state index in [-0.39, 0.29) is 18.4 Å². The van der Waals surface area contributed by atoms with Gasteiger partial charge in [-0.15, -0.1) is 0 Å². The molecule has 1 aromatic heterocycles. The summed E-state index contributed by atoms with van der Waals surface area (Å²) in [5.74, 6) is -0.0730. The number of morpholine rings is 1. The largest absolute Gasteiger partial charge is 0.379 e. The number of benzene rings is 3. The lowest BCUT2D eigenvalue weighted by Crippen LogP contribution is -2.45. The second kappa shape index (κ2) is 12.5. The van der Waals surface area contributed by atoms with Gasteiger partial charge < -0.3 is 9.64 Å². The smallest absolute Gasteiger partial charge is 0.254 e. The average molecular weight is 524 g/mol. The highest BCUT2D eigenvalue weighted by molar-refractivity contribution is 5.99. The molecular weight excluding hydrogens is 490 g/mol. The number of anilines is 1. The maximum Gasteiger partial charge on any atom is 0.254 e. The zero-order valence-corrected chi connectivity index (χ0v) is 22.1. The molecule has 8 heteroatoms. The second-order valence-electron chi connectivity index (χ2n) is 9.62. The number of aromatic nitrogens is 2. The highest BCUT2D eigenvalue weighted by Crippen LogP contribution is 2.24. The van der Waals surface area contributed by atoms with Crippen LogP contribution in [-0.4, -0.2) is 77.1 Å². The van der Waals surface area contributed by atoms with Crippen LogP contribution < -0.4 is 5.32 Å². The van der Waals surface area contributed by atoms with Crippen molar-refractivity contribution >= 4 is 17.8 Å². The summed E-state index contributed by atoms with van der Waals surface area (Å²) in [6, 6.07) is 27.0. The van der Waals surface area contributed by atoms with E-state index in [1.54, 1.807) is 17.0 Å². The van der Waals surface area contributed by atoms with Crippen molar-refractivity contribution in [2.45, 2.75) is 6.92 Å². The fraction of sp³-hybridized carbons (Fsp3) is 0.258. The van der Waals surface area contributed by atoms with Gasteiger partial charge in [0.15, 0.2) is 0 Å². The number of nitrogens with zero attached hydrogens (tertiary/aromatic N) is 4. The molecule has 0 atom stereocenters. The fourth-order valence-electron chi connectivity index (χ4n) is 4.63. The van der Waals surface area contributed by atoms with Crippen LogP contribution in [0.3, 0.4) is 0 Å². The van der Waals surface area contributed by atoms with Crippen LogP contribution in [0.15, 0.2) is 91.1 Å². The topological polar surface area (TPSA) is 79.7 Å². The van der Waals surface area contributed by atoms with Gasteiger partial charge in [-0.2, -0.15) is 0 Å². The molecule has 1 saturated heterocycles. The first-order valence-corrected chi connectivity index (χ1v) is 13.2.